The molecule has 14 heavy (non-hydrogen) atoms. The lowest BCUT2D eigenvalue weighted by atomic mass is 9.99. The third kappa shape index (κ3) is 2.35. The van der Waals surface area contributed by atoms with Gasteiger partial charge < -0.3 is 9.53 Å². The first kappa shape index (κ1) is 11.2. The molecule has 0 aliphatic heterocycles. The van der Waals surface area contributed by atoms with E-state index in [0.717, 1.165) is 28.5 Å². The summed E-state index contributed by atoms with van der Waals surface area (Å²) in [5.74, 6) is 0.651. The van der Waals surface area contributed by atoms with Gasteiger partial charge in [-0.1, -0.05) is 35.0 Å². The molecule has 0 heterocycles. The van der Waals surface area contributed by atoms with E-state index in [2.05, 4.69) is 15.9 Å². The maximum absolute atomic E-state index is 10.7. The van der Waals surface area contributed by atoms with Gasteiger partial charge in [0.1, 0.15) is 12.0 Å². The van der Waals surface area contributed by atoms with E-state index >= 15 is 0 Å². The lowest BCUT2D eigenvalue weighted by molar-refractivity contribution is -0.108. The number of aldehydes is 1. The number of benzene rings is 1. The number of halogens is 1. The van der Waals surface area contributed by atoms with Crippen LogP contribution in [0.3, 0.4) is 0 Å². The Morgan fingerprint density at radius 3 is 2.79 bits per heavy atom. The first-order valence-corrected chi connectivity index (χ1v) is 5.53. The minimum atomic E-state index is -0.121. The summed E-state index contributed by atoms with van der Waals surface area (Å²) < 4.78 is 5.19. The molecular weight excluding hydrogens is 244 g/mol. The summed E-state index contributed by atoms with van der Waals surface area (Å²) in [4.78, 5) is 10.7. The first-order valence-electron chi connectivity index (χ1n) is 4.41. The molecular formula is C11H13BrO2. The van der Waals surface area contributed by atoms with E-state index in [-0.39, 0.29) is 5.92 Å². The van der Waals surface area contributed by atoms with Gasteiger partial charge in [-0.2, -0.15) is 0 Å². The minimum Gasteiger partial charge on any atom is -0.496 e. The van der Waals surface area contributed by atoms with Gasteiger partial charge in [0.2, 0.25) is 0 Å². The summed E-state index contributed by atoms with van der Waals surface area (Å²) in [5.41, 5.74) is 2.09. The average Bonchev–Trinajstić information content (AvgIpc) is 2.27. The van der Waals surface area contributed by atoms with Crippen LogP contribution in [0, 0.1) is 0 Å². The highest BCUT2D eigenvalue weighted by Gasteiger charge is 2.10. The van der Waals surface area contributed by atoms with Gasteiger partial charge in [-0.3, -0.25) is 0 Å². The Morgan fingerprint density at radius 2 is 2.29 bits per heavy atom. The molecule has 0 aliphatic rings. The van der Waals surface area contributed by atoms with E-state index in [4.69, 9.17) is 4.74 Å². The van der Waals surface area contributed by atoms with Crippen molar-refractivity contribution >= 4 is 22.2 Å². The lowest BCUT2D eigenvalue weighted by Crippen LogP contribution is -1.99. The molecule has 0 N–H and O–H groups in total. The van der Waals surface area contributed by atoms with Gasteiger partial charge in [-0.25, -0.2) is 0 Å². The molecule has 0 bridgehead atoms. The van der Waals surface area contributed by atoms with E-state index in [1.54, 1.807) is 7.11 Å². The molecule has 0 amide bonds. The Bertz CT molecular complexity index is 323. The summed E-state index contributed by atoms with van der Waals surface area (Å²) in [6.45, 7) is 1.86. The molecule has 1 atom stereocenters. The standard InChI is InChI=1S/C11H13BrO2/c1-8(7-13)10-5-9(6-12)3-4-11(10)14-2/h3-5,7-8H,6H2,1-2H3. The fraction of sp³-hybridized carbons (Fsp3) is 0.364. The fourth-order valence-corrected chi connectivity index (χ4v) is 1.64. The summed E-state index contributed by atoms with van der Waals surface area (Å²) in [6.07, 6.45) is 0.926. The molecule has 0 aliphatic carbocycles. The zero-order chi connectivity index (χ0) is 10.6. The van der Waals surface area contributed by atoms with Crippen LogP contribution in [-0.4, -0.2) is 13.4 Å². The van der Waals surface area contributed by atoms with E-state index in [1.807, 2.05) is 25.1 Å². The van der Waals surface area contributed by atoms with Gasteiger partial charge in [0.05, 0.1) is 7.11 Å². The van der Waals surface area contributed by atoms with Crippen molar-refractivity contribution in [1.82, 2.24) is 0 Å². The molecule has 0 radical (unpaired) electrons. The maximum atomic E-state index is 10.7. The number of ether oxygens (including phenoxy) is 1. The molecule has 0 aromatic heterocycles. The second-order valence-corrected chi connectivity index (χ2v) is 3.70. The molecule has 0 fully saturated rings. The number of hydrogen-bond acceptors (Lipinski definition) is 2. The molecule has 0 saturated heterocycles. The second kappa shape index (κ2) is 5.15. The topological polar surface area (TPSA) is 26.3 Å². The molecule has 1 unspecified atom stereocenters. The fourth-order valence-electron chi connectivity index (χ4n) is 1.30. The Hall–Kier alpha value is -0.830. The molecule has 76 valence electrons. The zero-order valence-electron chi connectivity index (χ0n) is 8.29. The van der Waals surface area contributed by atoms with Crippen LogP contribution in [0.1, 0.15) is 24.0 Å². The number of carbonyl (C=O) groups is 1. The predicted molar refractivity (Wildman–Crippen MR) is 60.1 cm³/mol. The van der Waals surface area contributed by atoms with Crippen molar-refractivity contribution in [3.63, 3.8) is 0 Å². The van der Waals surface area contributed by atoms with E-state index < -0.39 is 0 Å². The zero-order valence-corrected chi connectivity index (χ0v) is 9.87. The van der Waals surface area contributed by atoms with Crippen molar-refractivity contribution in [2.24, 2.45) is 0 Å². The van der Waals surface area contributed by atoms with Crippen LogP contribution < -0.4 is 4.74 Å². The van der Waals surface area contributed by atoms with Crippen molar-refractivity contribution in [2.75, 3.05) is 7.11 Å². The largest absolute Gasteiger partial charge is 0.496 e. The van der Waals surface area contributed by atoms with Gasteiger partial charge in [0.25, 0.3) is 0 Å². The monoisotopic (exact) mass is 256 g/mol. The van der Waals surface area contributed by atoms with Gasteiger partial charge in [0, 0.05) is 16.8 Å². The highest BCUT2D eigenvalue weighted by Crippen LogP contribution is 2.27. The third-order valence-electron chi connectivity index (χ3n) is 2.14. The summed E-state index contributed by atoms with van der Waals surface area (Å²) in [6, 6.07) is 5.87. The van der Waals surface area contributed by atoms with Crippen molar-refractivity contribution in [3.8, 4) is 5.75 Å². The van der Waals surface area contributed by atoms with E-state index in [1.165, 1.54) is 0 Å². The smallest absolute Gasteiger partial charge is 0.127 e. The van der Waals surface area contributed by atoms with Crippen LogP contribution in [-0.2, 0) is 10.1 Å². The average molecular weight is 257 g/mol. The normalized spacial score (nSPS) is 12.2. The van der Waals surface area contributed by atoms with Crippen LogP contribution in [0.2, 0.25) is 0 Å². The highest BCUT2D eigenvalue weighted by molar-refractivity contribution is 9.08. The van der Waals surface area contributed by atoms with Gasteiger partial charge >= 0.3 is 0 Å². The Kier molecular flexibility index (Phi) is 4.14. The van der Waals surface area contributed by atoms with Crippen molar-refractivity contribution in [2.45, 2.75) is 18.2 Å². The second-order valence-electron chi connectivity index (χ2n) is 3.13. The number of methoxy groups -OCH3 is 1. The Balaban J connectivity index is 3.14. The van der Waals surface area contributed by atoms with Gasteiger partial charge in [-0.05, 0) is 11.6 Å². The quantitative estimate of drug-likeness (QED) is 0.612. The number of carbonyl (C=O) groups excluding carboxylic acids is 1. The summed E-state index contributed by atoms with van der Waals surface area (Å²) >= 11 is 3.38. The molecule has 1 aromatic carbocycles. The van der Waals surface area contributed by atoms with Crippen LogP contribution in [0.5, 0.6) is 5.75 Å². The molecule has 2 nitrogen and oxygen atoms in total. The minimum absolute atomic E-state index is 0.121. The van der Waals surface area contributed by atoms with Gasteiger partial charge in [0.15, 0.2) is 0 Å². The van der Waals surface area contributed by atoms with Crippen molar-refractivity contribution < 1.29 is 9.53 Å². The molecule has 1 rings (SSSR count). The predicted octanol–water partition coefficient (Wildman–Crippen LogP) is 2.89. The van der Waals surface area contributed by atoms with Crippen LogP contribution in [0.25, 0.3) is 0 Å². The van der Waals surface area contributed by atoms with Crippen LogP contribution >= 0.6 is 15.9 Å². The first-order chi connectivity index (χ1) is 6.72. The van der Waals surface area contributed by atoms with E-state index in [0.29, 0.717) is 0 Å². The van der Waals surface area contributed by atoms with Crippen LogP contribution in [0.15, 0.2) is 18.2 Å². The Morgan fingerprint density at radius 1 is 1.57 bits per heavy atom. The molecule has 0 spiro atoms. The molecule has 1 aromatic rings. The maximum Gasteiger partial charge on any atom is 0.127 e. The van der Waals surface area contributed by atoms with Crippen molar-refractivity contribution in [1.29, 1.82) is 0 Å². The number of hydrogen-bond donors (Lipinski definition) is 0. The van der Waals surface area contributed by atoms with E-state index in [9.17, 15) is 4.79 Å². The summed E-state index contributed by atoms with van der Waals surface area (Å²) in [5, 5.41) is 0.787. The Labute approximate surface area is 92.4 Å². The lowest BCUT2D eigenvalue weighted by Gasteiger charge is -2.11. The third-order valence-corrected chi connectivity index (χ3v) is 2.79. The highest BCUT2D eigenvalue weighted by atomic mass is 79.9. The number of alkyl halides is 1. The SMILES string of the molecule is COc1ccc(CBr)cc1C(C)C=O. The van der Waals surface area contributed by atoms with Gasteiger partial charge in [-0.15, -0.1) is 0 Å². The van der Waals surface area contributed by atoms with Crippen molar-refractivity contribution in [3.05, 3.63) is 29.3 Å². The van der Waals surface area contributed by atoms with Crippen LogP contribution in [0.4, 0.5) is 0 Å². The summed E-state index contributed by atoms with van der Waals surface area (Å²) in [7, 11) is 1.62. The number of rotatable bonds is 4. The molecule has 3 heteroatoms. The molecule has 0 saturated carbocycles.